The molecule has 0 aromatic heterocycles. The number of nitrogens with zero attached hydrogens (tertiary/aromatic N) is 1. The number of carbonyl (C=O) groups excluding carboxylic acids is 2. The lowest BCUT2D eigenvalue weighted by atomic mass is 9.97. The van der Waals surface area contributed by atoms with Crippen molar-refractivity contribution >= 4 is 11.8 Å². The summed E-state index contributed by atoms with van der Waals surface area (Å²) in [6, 6.07) is 8.26. The minimum Gasteiger partial charge on any atom is -0.493 e. The molecule has 0 spiro atoms. The van der Waals surface area contributed by atoms with Crippen LogP contribution in [0, 0.1) is 5.82 Å². The smallest absolute Gasteiger partial charge is 0.266 e. The number of hydrogen-bond acceptors (Lipinski definition) is 5. The Morgan fingerprint density at radius 2 is 2.00 bits per heavy atom. The highest BCUT2D eigenvalue weighted by Gasteiger charge is 2.38. The van der Waals surface area contributed by atoms with E-state index in [4.69, 9.17) is 14.7 Å². The van der Waals surface area contributed by atoms with Crippen LogP contribution < -0.4 is 15.0 Å². The van der Waals surface area contributed by atoms with Gasteiger partial charge in [0.15, 0.2) is 11.5 Å². The maximum absolute atomic E-state index is 13.7. The zero-order valence-corrected chi connectivity index (χ0v) is 14.9. The third-order valence-corrected chi connectivity index (χ3v) is 4.55. The molecule has 0 saturated carbocycles. The maximum Gasteiger partial charge on any atom is 0.266 e. The molecule has 8 heteroatoms. The van der Waals surface area contributed by atoms with Gasteiger partial charge in [-0.2, -0.15) is 0 Å². The molecule has 142 valence electrons. The minimum absolute atomic E-state index is 0.266. The molecular formula is C19H19FN2O5. The molecule has 1 atom stereocenters. The number of likely N-dealkylation sites (tertiary alicyclic amines) is 1. The number of benzene rings is 2. The first-order chi connectivity index (χ1) is 13.0. The van der Waals surface area contributed by atoms with Crippen LogP contribution in [0.4, 0.5) is 4.39 Å². The number of amides is 2. The summed E-state index contributed by atoms with van der Waals surface area (Å²) in [4.78, 5) is 25.9. The van der Waals surface area contributed by atoms with E-state index in [1.54, 1.807) is 23.7 Å². The third-order valence-electron chi connectivity index (χ3n) is 4.55. The van der Waals surface area contributed by atoms with Gasteiger partial charge in [0.05, 0.1) is 14.2 Å². The number of nitrogens with one attached hydrogen (secondary N) is 1. The average Bonchev–Trinajstić information content (AvgIpc) is 2.65. The molecule has 1 saturated heterocycles. The lowest BCUT2D eigenvalue weighted by molar-refractivity contribution is -0.137. The van der Waals surface area contributed by atoms with E-state index in [1.807, 2.05) is 0 Å². The van der Waals surface area contributed by atoms with Crippen molar-refractivity contribution in [2.24, 2.45) is 0 Å². The minimum atomic E-state index is -0.729. The predicted octanol–water partition coefficient (Wildman–Crippen LogP) is 2.23. The van der Waals surface area contributed by atoms with Crippen LogP contribution >= 0.6 is 0 Å². The Kier molecular flexibility index (Phi) is 5.27. The Balaban J connectivity index is 2.05. The molecule has 2 amide bonds. The Hall–Kier alpha value is -3.13. The second kappa shape index (κ2) is 7.63. The monoisotopic (exact) mass is 374 g/mol. The number of halogens is 1. The Bertz CT molecular complexity index is 886. The molecule has 7 nitrogen and oxygen atoms in total. The van der Waals surface area contributed by atoms with E-state index in [0.717, 1.165) is 0 Å². The fraction of sp³-hybridized carbons (Fsp3) is 0.263. The molecule has 2 aromatic rings. The maximum atomic E-state index is 13.7. The van der Waals surface area contributed by atoms with Crippen molar-refractivity contribution in [1.82, 2.24) is 10.4 Å². The fourth-order valence-corrected chi connectivity index (χ4v) is 3.10. The van der Waals surface area contributed by atoms with E-state index in [2.05, 4.69) is 0 Å². The van der Waals surface area contributed by atoms with Crippen molar-refractivity contribution in [2.45, 2.75) is 12.5 Å². The fourth-order valence-electron chi connectivity index (χ4n) is 3.10. The summed E-state index contributed by atoms with van der Waals surface area (Å²) in [5, 5.41) is 8.80. The summed E-state index contributed by atoms with van der Waals surface area (Å²) in [5.74, 6) is -0.777. The van der Waals surface area contributed by atoms with E-state index in [0.29, 0.717) is 35.6 Å². The van der Waals surface area contributed by atoms with Gasteiger partial charge in [0.1, 0.15) is 11.9 Å². The van der Waals surface area contributed by atoms with Crippen LogP contribution in [0.15, 0.2) is 36.4 Å². The van der Waals surface area contributed by atoms with Crippen LogP contribution in [0.2, 0.25) is 0 Å². The Morgan fingerprint density at radius 1 is 1.22 bits per heavy atom. The quantitative estimate of drug-likeness (QED) is 0.619. The van der Waals surface area contributed by atoms with E-state index in [1.165, 1.54) is 37.3 Å². The second-order valence-corrected chi connectivity index (χ2v) is 6.05. The highest BCUT2D eigenvalue weighted by molar-refractivity contribution is 6.00. The predicted molar refractivity (Wildman–Crippen MR) is 94.3 cm³/mol. The highest BCUT2D eigenvalue weighted by atomic mass is 19.1. The first-order valence-corrected chi connectivity index (χ1v) is 8.27. The summed E-state index contributed by atoms with van der Waals surface area (Å²) in [5.41, 5.74) is 2.84. The van der Waals surface area contributed by atoms with Crippen LogP contribution in [0.25, 0.3) is 11.1 Å². The molecule has 2 N–H and O–H groups in total. The Morgan fingerprint density at radius 3 is 2.56 bits per heavy atom. The van der Waals surface area contributed by atoms with Crippen molar-refractivity contribution in [2.75, 3.05) is 20.8 Å². The molecule has 3 rings (SSSR count). The topological polar surface area (TPSA) is 88.1 Å². The van der Waals surface area contributed by atoms with Gasteiger partial charge in [-0.3, -0.25) is 14.8 Å². The second-order valence-electron chi connectivity index (χ2n) is 6.05. The molecule has 1 fully saturated rings. The van der Waals surface area contributed by atoms with Crippen molar-refractivity contribution in [3.05, 3.63) is 47.8 Å². The van der Waals surface area contributed by atoms with Gasteiger partial charge in [-0.05, 0) is 36.2 Å². The molecule has 0 unspecified atom stereocenters. The van der Waals surface area contributed by atoms with Gasteiger partial charge >= 0.3 is 0 Å². The molecule has 0 radical (unpaired) electrons. The first-order valence-electron chi connectivity index (χ1n) is 8.27. The van der Waals surface area contributed by atoms with Crippen molar-refractivity contribution in [3.63, 3.8) is 0 Å². The van der Waals surface area contributed by atoms with Gasteiger partial charge in [-0.25, -0.2) is 9.87 Å². The first kappa shape index (κ1) is 18.7. The number of methoxy groups -OCH3 is 2. The van der Waals surface area contributed by atoms with Crippen LogP contribution in [-0.2, 0) is 4.79 Å². The zero-order valence-electron chi connectivity index (χ0n) is 14.9. The molecule has 0 bridgehead atoms. The number of hydroxylamine groups is 1. The lowest BCUT2D eigenvalue weighted by Gasteiger charge is -2.39. The van der Waals surface area contributed by atoms with E-state index >= 15 is 0 Å². The SMILES string of the molecule is COc1cc(C(=O)N2CC[C@@H]2C(=O)NO)cc(-c2cccc(F)c2)c1OC. The number of ether oxygens (including phenoxy) is 2. The summed E-state index contributed by atoms with van der Waals surface area (Å²) >= 11 is 0. The van der Waals surface area contributed by atoms with Gasteiger partial charge in [-0.15, -0.1) is 0 Å². The van der Waals surface area contributed by atoms with Crippen LogP contribution in [-0.4, -0.2) is 48.7 Å². The lowest BCUT2D eigenvalue weighted by Crippen LogP contribution is -2.57. The number of rotatable bonds is 5. The molecule has 27 heavy (non-hydrogen) atoms. The summed E-state index contributed by atoms with van der Waals surface area (Å²) in [6.45, 7) is 0.389. The summed E-state index contributed by atoms with van der Waals surface area (Å²) in [7, 11) is 2.90. The molecule has 2 aromatic carbocycles. The van der Waals surface area contributed by atoms with Gasteiger partial charge < -0.3 is 14.4 Å². The average molecular weight is 374 g/mol. The highest BCUT2D eigenvalue weighted by Crippen LogP contribution is 2.40. The Labute approximate surface area is 155 Å². The van der Waals surface area contributed by atoms with Gasteiger partial charge in [0.2, 0.25) is 0 Å². The van der Waals surface area contributed by atoms with E-state index in [9.17, 15) is 14.0 Å². The summed E-state index contributed by atoms with van der Waals surface area (Å²) in [6.07, 6.45) is 0.460. The van der Waals surface area contributed by atoms with Gasteiger partial charge in [0.25, 0.3) is 11.8 Å². The van der Waals surface area contributed by atoms with Crippen LogP contribution in [0.3, 0.4) is 0 Å². The number of carbonyl (C=O) groups is 2. The van der Waals surface area contributed by atoms with Crippen LogP contribution in [0.5, 0.6) is 11.5 Å². The third kappa shape index (κ3) is 3.43. The van der Waals surface area contributed by atoms with Gasteiger partial charge in [0, 0.05) is 17.7 Å². The molecule has 1 heterocycles. The zero-order chi connectivity index (χ0) is 19.6. The van der Waals surface area contributed by atoms with E-state index < -0.39 is 23.7 Å². The van der Waals surface area contributed by atoms with Crippen molar-refractivity contribution in [3.8, 4) is 22.6 Å². The molecule has 0 aliphatic carbocycles. The molecule has 1 aliphatic heterocycles. The largest absolute Gasteiger partial charge is 0.493 e. The van der Waals surface area contributed by atoms with Gasteiger partial charge in [-0.1, -0.05) is 12.1 Å². The number of hydrogen-bond donors (Lipinski definition) is 2. The molecule has 1 aliphatic rings. The summed E-state index contributed by atoms with van der Waals surface area (Å²) < 4.78 is 24.4. The van der Waals surface area contributed by atoms with Crippen molar-refractivity contribution < 1.29 is 28.7 Å². The normalized spacial score (nSPS) is 15.7. The van der Waals surface area contributed by atoms with Crippen molar-refractivity contribution in [1.29, 1.82) is 0 Å². The molecular weight excluding hydrogens is 355 g/mol. The standard InChI is InChI=1S/C19H19FN2O5/c1-26-16-10-12(19(24)22-7-6-15(22)18(23)21-25)9-14(17(16)27-2)11-4-3-5-13(20)8-11/h3-5,8-10,15,25H,6-7H2,1-2H3,(H,21,23)/t15-/m1/s1. The van der Waals surface area contributed by atoms with E-state index in [-0.39, 0.29) is 5.56 Å². The van der Waals surface area contributed by atoms with Crippen LogP contribution in [0.1, 0.15) is 16.8 Å².